The van der Waals surface area contributed by atoms with Crippen LogP contribution in [0, 0.1) is 0 Å². The fraction of sp³-hybridized carbons (Fsp3) is 0.318. The first-order valence-corrected chi connectivity index (χ1v) is 10.5. The Kier molecular flexibility index (Phi) is 5.78. The van der Waals surface area contributed by atoms with Crippen LogP contribution in [-0.4, -0.2) is 62.8 Å². The lowest BCUT2D eigenvalue weighted by molar-refractivity contribution is 0.122. The lowest BCUT2D eigenvalue weighted by atomic mass is 10.2. The van der Waals surface area contributed by atoms with Gasteiger partial charge in [0.2, 0.25) is 17.8 Å². The van der Waals surface area contributed by atoms with Crippen LogP contribution in [0.4, 0.5) is 20.7 Å². The molecule has 1 saturated heterocycles. The number of halogens is 2. The van der Waals surface area contributed by atoms with Gasteiger partial charge in [-0.05, 0) is 29.8 Å². The van der Waals surface area contributed by atoms with E-state index in [2.05, 4.69) is 24.9 Å². The number of fused-ring (bicyclic) bond motifs is 1. The number of aromatic nitrogens is 6. The van der Waals surface area contributed by atoms with Crippen LogP contribution >= 0.6 is 0 Å². The van der Waals surface area contributed by atoms with Crippen molar-refractivity contribution in [1.82, 2.24) is 29.5 Å². The first-order chi connectivity index (χ1) is 16.1. The van der Waals surface area contributed by atoms with Crippen LogP contribution in [-0.2, 0) is 11.3 Å². The van der Waals surface area contributed by atoms with Gasteiger partial charge in [-0.3, -0.25) is 9.55 Å². The summed E-state index contributed by atoms with van der Waals surface area (Å²) < 4.78 is 34.7. The molecule has 170 valence electrons. The summed E-state index contributed by atoms with van der Waals surface area (Å²) in [5.41, 5.74) is 1.98. The maximum Gasteiger partial charge on any atom is 0.296 e. The Morgan fingerprint density at radius 1 is 0.970 bits per heavy atom. The van der Waals surface area contributed by atoms with Gasteiger partial charge >= 0.3 is 0 Å². The topological polar surface area (TPSA) is 85.1 Å². The van der Waals surface area contributed by atoms with Crippen molar-refractivity contribution in [1.29, 1.82) is 0 Å². The molecule has 11 heteroatoms. The number of benzene rings is 1. The zero-order valence-corrected chi connectivity index (χ0v) is 18.0. The van der Waals surface area contributed by atoms with Crippen molar-refractivity contribution in [2.75, 3.05) is 43.2 Å². The number of hydrogen-bond donors (Lipinski definition) is 0. The highest BCUT2D eigenvalue weighted by molar-refractivity contribution is 5.77. The van der Waals surface area contributed by atoms with E-state index in [1.807, 2.05) is 29.0 Å². The normalized spacial score (nSPS) is 14.2. The number of para-hydroxylation sites is 2. The van der Waals surface area contributed by atoms with Crippen molar-refractivity contribution >= 4 is 22.9 Å². The van der Waals surface area contributed by atoms with Crippen LogP contribution < -0.4 is 9.80 Å². The third-order valence-corrected chi connectivity index (χ3v) is 5.39. The van der Waals surface area contributed by atoms with Crippen molar-refractivity contribution in [3.8, 4) is 5.95 Å². The number of hydrogen-bond acceptors (Lipinski definition) is 8. The molecule has 0 atom stereocenters. The molecule has 0 N–H and O–H groups in total. The maximum absolute atomic E-state index is 14.0. The first-order valence-electron chi connectivity index (χ1n) is 10.5. The van der Waals surface area contributed by atoms with E-state index in [4.69, 9.17) is 4.74 Å². The zero-order valence-electron chi connectivity index (χ0n) is 18.0. The van der Waals surface area contributed by atoms with Gasteiger partial charge in [-0.25, -0.2) is 13.8 Å². The van der Waals surface area contributed by atoms with Crippen molar-refractivity contribution in [2.45, 2.75) is 13.0 Å². The van der Waals surface area contributed by atoms with Gasteiger partial charge < -0.3 is 14.5 Å². The SMILES string of the molecule is CN(Cc1ccncc1)c1nc(N2CCOCC2)nc(-n2c(C(F)F)nc3ccccc32)n1. The lowest BCUT2D eigenvalue weighted by Gasteiger charge is -2.28. The van der Waals surface area contributed by atoms with E-state index in [1.165, 1.54) is 4.57 Å². The molecule has 1 fully saturated rings. The number of ether oxygens (including phenoxy) is 1. The first kappa shape index (κ1) is 21.1. The molecular weight excluding hydrogens is 430 g/mol. The summed E-state index contributed by atoms with van der Waals surface area (Å²) in [6.07, 6.45) is 0.639. The van der Waals surface area contributed by atoms with Gasteiger partial charge in [-0.1, -0.05) is 12.1 Å². The monoisotopic (exact) mass is 452 g/mol. The molecule has 33 heavy (non-hydrogen) atoms. The van der Waals surface area contributed by atoms with E-state index in [0.717, 1.165) is 5.56 Å². The zero-order chi connectivity index (χ0) is 22.8. The van der Waals surface area contributed by atoms with Crippen LogP contribution in [0.5, 0.6) is 0 Å². The second kappa shape index (κ2) is 9.02. The van der Waals surface area contributed by atoms with E-state index in [1.54, 1.807) is 36.7 Å². The number of rotatable bonds is 6. The summed E-state index contributed by atoms with van der Waals surface area (Å²) in [5, 5.41) is 0. The Balaban J connectivity index is 1.63. The van der Waals surface area contributed by atoms with E-state index < -0.39 is 12.2 Å². The summed E-state index contributed by atoms with van der Waals surface area (Å²) >= 11 is 0. The summed E-state index contributed by atoms with van der Waals surface area (Å²) in [6.45, 7) is 2.80. The van der Waals surface area contributed by atoms with Gasteiger partial charge in [-0.15, -0.1) is 0 Å². The van der Waals surface area contributed by atoms with Gasteiger partial charge in [0.25, 0.3) is 6.43 Å². The van der Waals surface area contributed by atoms with E-state index in [9.17, 15) is 8.78 Å². The summed E-state index contributed by atoms with van der Waals surface area (Å²) in [6, 6.07) is 10.8. The number of pyridine rings is 1. The molecule has 4 heterocycles. The van der Waals surface area contributed by atoms with Crippen molar-refractivity contribution < 1.29 is 13.5 Å². The van der Waals surface area contributed by atoms with Gasteiger partial charge in [0.15, 0.2) is 5.82 Å². The average molecular weight is 452 g/mol. The number of morpholine rings is 1. The minimum atomic E-state index is -2.79. The Labute approximate surface area is 188 Å². The highest BCUT2D eigenvalue weighted by Gasteiger charge is 2.25. The highest BCUT2D eigenvalue weighted by Crippen LogP contribution is 2.28. The van der Waals surface area contributed by atoms with Gasteiger partial charge in [0.1, 0.15) is 0 Å². The van der Waals surface area contributed by atoms with Crippen molar-refractivity contribution in [2.24, 2.45) is 0 Å². The molecule has 0 bridgehead atoms. The molecule has 1 aliphatic rings. The van der Waals surface area contributed by atoms with Crippen LogP contribution in [0.25, 0.3) is 17.0 Å². The molecule has 0 radical (unpaired) electrons. The minimum absolute atomic E-state index is 0.104. The quantitative estimate of drug-likeness (QED) is 0.441. The average Bonchev–Trinajstić information content (AvgIpc) is 3.25. The molecule has 1 aliphatic heterocycles. The van der Waals surface area contributed by atoms with Crippen LogP contribution in [0.15, 0.2) is 48.8 Å². The molecule has 1 aromatic carbocycles. The third-order valence-electron chi connectivity index (χ3n) is 5.39. The van der Waals surface area contributed by atoms with Crippen LogP contribution in [0.2, 0.25) is 0 Å². The Morgan fingerprint density at radius 3 is 2.45 bits per heavy atom. The standard InChI is InChI=1S/C22H22F2N8O/c1-30(14-15-6-8-25-9-7-15)20-27-21(31-10-12-33-13-11-31)29-22(28-20)32-17-5-3-2-4-16(17)26-19(32)18(23)24/h2-9,18H,10-14H2,1H3. The van der Waals surface area contributed by atoms with Crippen LogP contribution in [0.1, 0.15) is 17.8 Å². The van der Waals surface area contributed by atoms with Gasteiger partial charge in [-0.2, -0.15) is 15.0 Å². The minimum Gasteiger partial charge on any atom is -0.378 e. The molecule has 0 aliphatic carbocycles. The highest BCUT2D eigenvalue weighted by atomic mass is 19.3. The summed E-state index contributed by atoms with van der Waals surface area (Å²) in [7, 11) is 1.85. The molecule has 5 rings (SSSR count). The smallest absolute Gasteiger partial charge is 0.296 e. The number of nitrogens with zero attached hydrogens (tertiary/aromatic N) is 8. The molecule has 0 amide bonds. The van der Waals surface area contributed by atoms with E-state index in [0.29, 0.717) is 55.8 Å². The molecular formula is C22H22F2N8O. The number of alkyl halides is 2. The molecule has 9 nitrogen and oxygen atoms in total. The second-order valence-electron chi connectivity index (χ2n) is 7.64. The molecule has 0 spiro atoms. The summed E-state index contributed by atoms with van der Waals surface area (Å²) in [5.74, 6) is 0.485. The fourth-order valence-electron chi connectivity index (χ4n) is 3.75. The van der Waals surface area contributed by atoms with Crippen molar-refractivity contribution in [3.63, 3.8) is 0 Å². The lowest BCUT2D eigenvalue weighted by Crippen LogP contribution is -2.38. The predicted molar refractivity (Wildman–Crippen MR) is 119 cm³/mol. The van der Waals surface area contributed by atoms with Crippen molar-refractivity contribution in [3.05, 3.63) is 60.2 Å². The van der Waals surface area contributed by atoms with E-state index in [-0.39, 0.29) is 5.95 Å². The third kappa shape index (κ3) is 4.31. The second-order valence-corrected chi connectivity index (χ2v) is 7.64. The molecule has 0 unspecified atom stereocenters. The summed E-state index contributed by atoms with van der Waals surface area (Å²) in [4.78, 5) is 25.8. The fourth-order valence-corrected chi connectivity index (χ4v) is 3.75. The predicted octanol–water partition coefficient (Wildman–Crippen LogP) is 3.02. The largest absolute Gasteiger partial charge is 0.378 e. The van der Waals surface area contributed by atoms with E-state index >= 15 is 0 Å². The Hall–Kier alpha value is -3.73. The number of anilines is 2. The van der Waals surface area contributed by atoms with Gasteiger partial charge in [0.05, 0.1) is 24.2 Å². The molecule has 3 aromatic heterocycles. The number of imidazole rings is 1. The van der Waals surface area contributed by atoms with Gasteiger partial charge in [0, 0.05) is 39.1 Å². The van der Waals surface area contributed by atoms with Crippen LogP contribution in [0.3, 0.4) is 0 Å². The Bertz CT molecular complexity index is 1240. The molecule has 4 aromatic rings. The maximum atomic E-state index is 14.0. The Morgan fingerprint density at radius 2 is 1.70 bits per heavy atom. The molecule has 0 saturated carbocycles.